The van der Waals surface area contributed by atoms with Crippen molar-refractivity contribution < 1.29 is 14.6 Å². The van der Waals surface area contributed by atoms with E-state index < -0.39 is 0 Å². The number of phenols is 1. The number of hydrogen-bond donors (Lipinski definition) is 3. The fraction of sp³-hybridized carbons (Fsp3) is 0.562. The monoisotopic (exact) mass is 292 g/mol. The Morgan fingerprint density at radius 1 is 1.33 bits per heavy atom. The molecular weight excluding hydrogens is 268 g/mol. The lowest BCUT2D eigenvalue weighted by Gasteiger charge is -2.38. The van der Waals surface area contributed by atoms with E-state index >= 15 is 0 Å². The van der Waals surface area contributed by atoms with Gasteiger partial charge in [-0.3, -0.25) is 10.2 Å². The van der Waals surface area contributed by atoms with Crippen LogP contribution in [0.5, 0.6) is 11.5 Å². The summed E-state index contributed by atoms with van der Waals surface area (Å²) in [4.78, 5) is 11.3. The normalized spacial score (nSPS) is 20.6. The Bertz CT molecular complexity index is 584. The lowest BCUT2D eigenvalue weighted by molar-refractivity contribution is -0.122. The van der Waals surface area contributed by atoms with Gasteiger partial charge in [-0.1, -0.05) is 0 Å². The maximum atomic E-state index is 11.3. The van der Waals surface area contributed by atoms with E-state index in [1.165, 1.54) is 0 Å². The Balaban J connectivity index is 2.30. The van der Waals surface area contributed by atoms with Gasteiger partial charge < -0.3 is 9.84 Å². The van der Waals surface area contributed by atoms with Gasteiger partial charge in [0, 0.05) is 12.0 Å². The van der Waals surface area contributed by atoms with E-state index in [0.29, 0.717) is 18.6 Å². The topological polar surface area (TPSA) is 84.6 Å². The van der Waals surface area contributed by atoms with Crippen molar-refractivity contribution in [2.24, 2.45) is 5.84 Å². The summed E-state index contributed by atoms with van der Waals surface area (Å²) < 4.78 is 6.23. The summed E-state index contributed by atoms with van der Waals surface area (Å²) >= 11 is 0. The van der Waals surface area contributed by atoms with Crippen LogP contribution in [0.2, 0.25) is 0 Å². The Morgan fingerprint density at radius 2 is 2.00 bits per heavy atom. The number of rotatable bonds is 3. The van der Waals surface area contributed by atoms with Gasteiger partial charge in [-0.2, -0.15) is 0 Å². The molecule has 1 heterocycles. The van der Waals surface area contributed by atoms with Gasteiger partial charge in [0.15, 0.2) is 0 Å². The minimum Gasteiger partial charge on any atom is -0.507 e. The fourth-order valence-corrected chi connectivity index (χ4v) is 2.92. The molecule has 1 aliphatic heterocycles. The summed E-state index contributed by atoms with van der Waals surface area (Å²) in [6.45, 7) is 7.81. The van der Waals surface area contributed by atoms with Crippen LogP contribution in [0.4, 0.5) is 0 Å². The molecule has 116 valence electrons. The van der Waals surface area contributed by atoms with Crippen LogP contribution in [0.1, 0.15) is 48.4 Å². The molecule has 1 atom stereocenters. The highest BCUT2D eigenvalue weighted by molar-refractivity contribution is 5.75. The van der Waals surface area contributed by atoms with Crippen molar-refractivity contribution in [3.05, 3.63) is 22.3 Å². The lowest BCUT2D eigenvalue weighted by atomic mass is 9.85. The molecule has 0 radical (unpaired) electrons. The number of hydrogen-bond acceptors (Lipinski definition) is 4. The number of hydrazine groups is 1. The van der Waals surface area contributed by atoms with E-state index in [4.69, 9.17) is 10.6 Å². The first kappa shape index (κ1) is 15.6. The first-order chi connectivity index (χ1) is 9.79. The molecule has 1 aromatic rings. The molecule has 0 fully saturated rings. The van der Waals surface area contributed by atoms with Gasteiger partial charge in [-0.05, 0) is 63.6 Å². The van der Waals surface area contributed by atoms with E-state index in [0.717, 1.165) is 40.8 Å². The van der Waals surface area contributed by atoms with Crippen molar-refractivity contribution in [1.82, 2.24) is 5.43 Å². The average Bonchev–Trinajstić information content (AvgIpc) is 2.48. The van der Waals surface area contributed by atoms with Crippen molar-refractivity contribution in [2.75, 3.05) is 0 Å². The number of aromatic hydroxyl groups is 1. The smallest absolute Gasteiger partial charge is 0.234 e. The van der Waals surface area contributed by atoms with Crippen molar-refractivity contribution in [2.45, 2.75) is 59.0 Å². The number of nitrogens with one attached hydrogen (secondary N) is 1. The van der Waals surface area contributed by atoms with Crippen molar-refractivity contribution in [3.63, 3.8) is 0 Å². The summed E-state index contributed by atoms with van der Waals surface area (Å²) in [5, 5.41) is 10.2. The average molecular weight is 292 g/mol. The standard InChI is InChI=1S/C16H24N2O3/c1-9-10(2)15-12(11(3)14(9)20)5-7-16(4,21-15)8-6-13(19)18-17/h20H,5-8,17H2,1-4H3,(H,18,19). The van der Waals surface area contributed by atoms with Crippen LogP contribution in [-0.4, -0.2) is 16.6 Å². The first-order valence-corrected chi connectivity index (χ1v) is 7.29. The summed E-state index contributed by atoms with van der Waals surface area (Å²) in [6.07, 6.45) is 2.63. The summed E-state index contributed by atoms with van der Waals surface area (Å²) in [6, 6.07) is 0. The molecule has 0 saturated carbocycles. The van der Waals surface area contributed by atoms with Crippen LogP contribution in [0, 0.1) is 20.8 Å². The summed E-state index contributed by atoms with van der Waals surface area (Å²) in [5.74, 6) is 6.17. The SMILES string of the molecule is Cc1c(C)c2c(c(C)c1O)CCC(C)(CCC(=O)NN)O2. The van der Waals surface area contributed by atoms with Crippen LogP contribution in [0.25, 0.3) is 0 Å². The van der Waals surface area contributed by atoms with Crippen LogP contribution < -0.4 is 16.0 Å². The predicted molar refractivity (Wildman–Crippen MR) is 81.2 cm³/mol. The van der Waals surface area contributed by atoms with Gasteiger partial charge in [0.2, 0.25) is 5.91 Å². The molecule has 0 bridgehead atoms. The molecule has 0 spiro atoms. The number of benzene rings is 1. The Kier molecular flexibility index (Phi) is 4.14. The number of nitrogens with two attached hydrogens (primary N) is 1. The van der Waals surface area contributed by atoms with Gasteiger partial charge in [0.1, 0.15) is 17.1 Å². The Hall–Kier alpha value is -1.75. The van der Waals surface area contributed by atoms with Gasteiger partial charge in [-0.15, -0.1) is 0 Å². The van der Waals surface area contributed by atoms with E-state index in [-0.39, 0.29) is 11.5 Å². The minimum absolute atomic E-state index is 0.180. The summed E-state index contributed by atoms with van der Waals surface area (Å²) in [7, 11) is 0. The molecule has 0 saturated heterocycles. The van der Waals surface area contributed by atoms with Crippen LogP contribution in [0.15, 0.2) is 0 Å². The van der Waals surface area contributed by atoms with Gasteiger partial charge in [0.25, 0.3) is 0 Å². The van der Waals surface area contributed by atoms with E-state index in [1.807, 2.05) is 27.7 Å². The molecule has 0 aromatic heterocycles. The number of carbonyl (C=O) groups excluding carboxylic acids is 1. The van der Waals surface area contributed by atoms with E-state index in [2.05, 4.69) is 5.43 Å². The fourth-order valence-electron chi connectivity index (χ4n) is 2.92. The first-order valence-electron chi connectivity index (χ1n) is 7.29. The minimum atomic E-state index is -0.375. The second-order valence-corrected chi connectivity index (χ2v) is 6.15. The van der Waals surface area contributed by atoms with Crippen molar-refractivity contribution in [3.8, 4) is 11.5 Å². The third-order valence-electron chi connectivity index (χ3n) is 4.63. The second-order valence-electron chi connectivity index (χ2n) is 6.15. The van der Waals surface area contributed by atoms with Gasteiger partial charge in [-0.25, -0.2) is 5.84 Å². The quantitative estimate of drug-likeness (QED) is 0.453. The molecule has 5 nitrogen and oxygen atoms in total. The largest absolute Gasteiger partial charge is 0.507 e. The molecule has 5 heteroatoms. The highest BCUT2D eigenvalue weighted by Crippen LogP contribution is 2.44. The molecule has 1 aromatic carbocycles. The maximum Gasteiger partial charge on any atom is 0.234 e. The molecule has 1 unspecified atom stereocenters. The molecule has 1 amide bonds. The molecule has 2 rings (SSSR count). The number of amides is 1. The highest BCUT2D eigenvalue weighted by Gasteiger charge is 2.34. The van der Waals surface area contributed by atoms with E-state index in [9.17, 15) is 9.90 Å². The highest BCUT2D eigenvalue weighted by atomic mass is 16.5. The Morgan fingerprint density at radius 3 is 2.62 bits per heavy atom. The molecule has 4 N–H and O–H groups in total. The van der Waals surface area contributed by atoms with Gasteiger partial charge >= 0.3 is 0 Å². The second kappa shape index (κ2) is 5.56. The number of ether oxygens (including phenoxy) is 1. The van der Waals surface area contributed by atoms with Crippen LogP contribution >= 0.6 is 0 Å². The molecule has 0 aliphatic carbocycles. The number of fused-ring (bicyclic) bond motifs is 1. The molecular formula is C16H24N2O3. The lowest BCUT2D eigenvalue weighted by Crippen LogP contribution is -2.39. The van der Waals surface area contributed by atoms with Crippen molar-refractivity contribution >= 4 is 5.91 Å². The zero-order valence-electron chi connectivity index (χ0n) is 13.2. The van der Waals surface area contributed by atoms with Crippen LogP contribution in [0.3, 0.4) is 0 Å². The predicted octanol–water partition coefficient (Wildman–Crippen LogP) is 2.17. The number of carbonyl (C=O) groups is 1. The zero-order chi connectivity index (χ0) is 15.8. The molecule has 21 heavy (non-hydrogen) atoms. The van der Waals surface area contributed by atoms with Crippen LogP contribution in [-0.2, 0) is 11.2 Å². The summed E-state index contributed by atoms with van der Waals surface area (Å²) in [5.41, 5.74) is 5.58. The van der Waals surface area contributed by atoms with E-state index in [1.54, 1.807) is 0 Å². The van der Waals surface area contributed by atoms with Crippen molar-refractivity contribution in [1.29, 1.82) is 0 Å². The Labute approximate surface area is 125 Å². The number of phenolic OH excluding ortho intramolecular Hbond substituents is 1. The third kappa shape index (κ3) is 2.83. The van der Waals surface area contributed by atoms with Gasteiger partial charge in [0.05, 0.1) is 0 Å². The third-order valence-corrected chi connectivity index (χ3v) is 4.63. The maximum absolute atomic E-state index is 11.3. The zero-order valence-corrected chi connectivity index (χ0v) is 13.2. The molecule has 1 aliphatic rings.